The van der Waals surface area contributed by atoms with Crippen LogP contribution in [-0.2, 0) is 10.0 Å². The van der Waals surface area contributed by atoms with Crippen LogP contribution in [0, 0.1) is 0 Å². The molecule has 0 fully saturated rings. The summed E-state index contributed by atoms with van der Waals surface area (Å²) in [5.41, 5.74) is 1.08. The second-order valence-electron chi connectivity index (χ2n) is 4.96. The number of hydrogen-bond donors (Lipinski definition) is 2. The Morgan fingerprint density at radius 3 is 2.81 bits per heavy atom. The van der Waals surface area contributed by atoms with Gasteiger partial charge in [0.15, 0.2) is 0 Å². The highest BCUT2D eigenvalue weighted by atomic mass is 35.5. The van der Waals surface area contributed by atoms with Gasteiger partial charge in [0.05, 0.1) is 10.4 Å². The fraction of sp³-hybridized carbons (Fsp3) is 0.571. The molecule has 21 heavy (non-hydrogen) atoms. The highest BCUT2D eigenvalue weighted by Crippen LogP contribution is 2.25. The molecule has 0 aliphatic heterocycles. The lowest BCUT2D eigenvalue weighted by atomic mass is 10.1. The summed E-state index contributed by atoms with van der Waals surface area (Å²) >= 11 is 6.72. The van der Waals surface area contributed by atoms with Gasteiger partial charge in [0, 0.05) is 6.54 Å². The Hall–Kier alpha value is -0.400. The highest BCUT2D eigenvalue weighted by molar-refractivity contribution is 7.91. The van der Waals surface area contributed by atoms with Crippen molar-refractivity contribution in [1.82, 2.24) is 4.72 Å². The number of allylic oxidation sites excluding steroid dienone is 1. The largest absolute Gasteiger partial charge is 0.391 e. The van der Waals surface area contributed by atoms with Crippen LogP contribution in [0.5, 0.6) is 0 Å². The molecule has 0 amide bonds. The van der Waals surface area contributed by atoms with Crippen molar-refractivity contribution < 1.29 is 13.5 Å². The maximum Gasteiger partial charge on any atom is 0.250 e. The number of aliphatic hydroxyl groups is 1. The molecule has 0 unspecified atom stereocenters. The summed E-state index contributed by atoms with van der Waals surface area (Å²) < 4.78 is 26.9. The number of sulfonamides is 1. The van der Waals surface area contributed by atoms with Crippen LogP contribution in [0.4, 0.5) is 0 Å². The Kier molecular flexibility index (Phi) is 7.90. The number of thiophene rings is 1. The topological polar surface area (TPSA) is 66.4 Å². The van der Waals surface area contributed by atoms with E-state index in [1.54, 1.807) is 0 Å². The zero-order chi connectivity index (χ0) is 15.9. The van der Waals surface area contributed by atoms with Gasteiger partial charge in [0.1, 0.15) is 4.21 Å². The summed E-state index contributed by atoms with van der Waals surface area (Å²) in [5.74, 6) is 0. The van der Waals surface area contributed by atoms with Crippen molar-refractivity contribution in [2.24, 2.45) is 0 Å². The zero-order valence-corrected chi connectivity index (χ0v) is 14.7. The quantitative estimate of drug-likeness (QED) is 0.528. The van der Waals surface area contributed by atoms with Gasteiger partial charge in [-0.1, -0.05) is 43.0 Å². The van der Waals surface area contributed by atoms with Gasteiger partial charge in [-0.25, -0.2) is 13.1 Å². The molecule has 0 saturated carbocycles. The maximum atomic E-state index is 12.0. The lowest BCUT2D eigenvalue weighted by Gasteiger charge is -2.12. The summed E-state index contributed by atoms with van der Waals surface area (Å²) in [5, 5.41) is 9.90. The van der Waals surface area contributed by atoms with Gasteiger partial charge in [-0.2, -0.15) is 0 Å². The van der Waals surface area contributed by atoms with Crippen LogP contribution in [0.1, 0.15) is 39.5 Å². The highest BCUT2D eigenvalue weighted by Gasteiger charge is 2.18. The first-order chi connectivity index (χ1) is 9.85. The molecule has 0 radical (unpaired) electrons. The summed E-state index contributed by atoms with van der Waals surface area (Å²) in [4.78, 5) is 0. The third-order valence-electron chi connectivity index (χ3n) is 2.93. The van der Waals surface area contributed by atoms with Crippen LogP contribution in [0.2, 0.25) is 4.34 Å². The Balaban J connectivity index is 2.45. The van der Waals surface area contributed by atoms with Gasteiger partial charge in [-0.05, 0) is 31.9 Å². The van der Waals surface area contributed by atoms with E-state index in [-0.39, 0.29) is 10.8 Å². The Labute approximate surface area is 135 Å². The van der Waals surface area contributed by atoms with Crippen LogP contribution in [0.15, 0.2) is 28.0 Å². The summed E-state index contributed by atoms with van der Waals surface area (Å²) in [6.45, 7) is 4.08. The number of unbranched alkanes of at least 4 members (excludes halogenated alkanes) is 2. The maximum absolute atomic E-state index is 12.0. The van der Waals surface area contributed by atoms with E-state index in [1.807, 2.05) is 6.92 Å². The van der Waals surface area contributed by atoms with Crippen molar-refractivity contribution in [3.8, 4) is 0 Å². The van der Waals surface area contributed by atoms with Crippen LogP contribution in [0.3, 0.4) is 0 Å². The van der Waals surface area contributed by atoms with E-state index >= 15 is 0 Å². The lowest BCUT2D eigenvalue weighted by Crippen LogP contribution is -2.31. The molecule has 1 atom stereocenters. The predicted octanol–water partition coefficient (Wildman–Crippen LogP) is 3.57. The van der Waals surface area contributed by atoms with Crippen molar-refractivity contribution in [2.75, 3.05) is 6.54 Å². The minimum absolute atomic E-state index is 0.00316. The lowest BCUT2D eigenvalue weighted by molar-refractivity contribution is 0.178. The fourth-order valence-electron chi connectivity index (χ4n) is 1.80. The molecule has 0 bridgehead atoms. The standard InChI is InChI=1S/C14H22ClNO3S2/c1-3-4-5-6-11(2)9-12(17)10-16-21(18,19)14-8-7-13(15)20-14/h6-8,12,16-17H,3-5,9-10H2,1-2H3/t12-/m0/s1. The zero-order valence-electron chi connectivity index (χ0n) is 12.3. The van der Waals surface area contributed by atoms with E-state index in [1.165, 1.54) is 12.1 Å². The molecule has 1 aromatic rings. The monoisotopic (exact) mass is 351 g/mol. The van der Waals surface area contributed by atoms with Crippen molar-refractivity contribution in [1.29, 1.82) is 0 Å². The Bertz CT molecular complexity index is 567. The summed E-state index contributed by atoms with van der Waals surface area (Å²) in [6.07, 6.45) is 5.09. The molecular weight excluding hydrogens is 330 g/mol. The minimum Gasteiger partial charge on any atom is -0.391 e. The van der Waals surface area contributed by atoms with E-state index in [0.29, 0.717) is 10.8 Å². The average Bonchev–Trinajstić information content (AvgIpc) is 2.84. The minimum atomic E-state index is -3.59. The molecule has 0 aromatic carbocycles. The molecule has 1 rings (SSSR count). The van der Waals surface area contributed by atoms with E-state index in [4.69, 9.17) is 11.6 Å². The Morgan fingerprint density at radius 1 is 1.52 bits per heavy atom. The predicted molar refractivity (Wildman–Crippen MR) is 88.4 cm³/mol. The SMILES string of the molecule is CCCCC=C(C)C[C@H](O)CNS(=O)(=O)c1ccc(Cl)s1. The van der Waals surface area contributed by atoms with Gasteiger partial charge >= 0.3 is 0 Å². The number of nitrogens with one attached hydrogen (secondary N) is 1. The molecule has 1 aromatic heterocycles. The number of hydrogen-bond acceptors (Lipinski definition) is 4. The van der Waals surface area contributed by atoms with E-state index in [2.05, 4.69) is 17.7 Å². The Morgan fingerprint density at radius 2 is 2.24 bits per heavy atom. The van der Waals surface area contributed by atoms with Gasteiger partial charge < -0.3 is 5.11 Å². The number of rotatable bonds is 9. The first-order valence-electron chi connectivity index (χ1n) is 6.94. The van der Waals surface area contributed by atoms with Gasteiger partial charge in [0.25, 0.3) is 0 Å². The van der Waals surface area contributed by atoms with Crippen molar-refractivity contribution in [2.45, 2.75) is 49.8 Å². The summed E-state index contributed by atoms with van der Waals surface area (Å²) in [6, 6.07) is 3.00. The van der Waals surface area contributed by atoms with Gasteiger partial charge in [0.2, 0.25) is 10.0 Å². The van der Waals surface area contributed by atoms with Crippen LogP contribution in [-0.4, -0.2) is 26.2 Å². The smallest absolute Gasteiger partial charge is 0.250 e. The van der Waals surface area contributed by atoms with Crippen molar-refractivity contribution in [3.63, 3.8) is 0 Å². The molecule has 0 saturated heterocycles. The third-order valence-corrected chi connectivity index (χ3v) is 6.08. The molecule has 0 aliphatic rings. The van der Waals surface area contributed by atoms with E-state index < -0.39 is 16.1 Å². The van der Waals surface area contributed by atoms with E-state index in [9.17, 15) is 13.5 Å². The first kappa shape index (κ1) is 18.6. The first-order valence-corrected chi connectivity index (χ1v) is 9.61. The third kappa shape index (κ3) is 6.93. The van der Waals surface area contributed by atoms with Gasteiger partial charge in [-0.3, -0.25) is 0 Å². The second-order valence-corrected chi connectivity index (χ2v) is 8.67. The fourth-order valence-corrected chi connectivity index (χ4v) is 4.40. The van der Waals surface area contributed by atoms with E-state index in [0.717, 1.165) is 36.2 Å². The van der Waals surface area contributed by atoms with Crippen LogP contribution >= 0.6 is 22.9 Å². The average molecular weight is 352 g/mol. The number of halogens is 1. The molecule has 120 valence electrons. The molecule has 7 heteroatoms. The van der Waals surface area contributed by atoms with Crippen LogP contribution < -0.4 is 4.72 Å². The van der Waals surface area contributed by atoms with Gasteiger partial charge in [-0.15, -0.1) is 11.3 Å². The molecule has 4 nitrogen and oxygen atoms in total. The molecule has 1 heterocycles. The van der Waals surface area contributed by atoms with Crippen molar-refractivity contribution in [3.05, 3.63) is 28.1 Å². The molecular formula is C14H22ClNO3S2. The van der Waals surface area contributed by atoms with Crippen LogP contribution in [0.25, 0.3) is 0 Å². The molecule has 0 spiro atoms. The molecule has 2 N–H and O–H groups in total. The second kappa shape index (κ2) is 8.90. The number of aliphatic hydroxyl groups excluding tert-OH is 1. The van der Waals surface area contributed by atoms with Crippen molar-refractivity contribution >= 4 is 33.0 Å². The summed E-state index contributed by atoms with van der Waals surface area (Å²) in [7, 11) is -3.59. The normalized spacial score (nSPS) is 14.4. The molecule has 0 aliphatic carbocycles.